The molecule has 0 bridgehead atoms. The maximum Gasteiger partial charge on any atom is 0.471 e. The molecule has 0 aromatic heterocycles. The van der Waals surface area contributed by atoms with Gasteiger partial charge in [-0.2, -0.15) is 26.3 Å². The van der Waals surface area contributed by atoms with Gasteiger partial charge < -0.3 is 10.4 Å². The Morgan fingerprint density at radius 3 is 2.22 bits per heavy atom. The van der Waals surface area contributed by atoms with Crippen molar-refractivity contribution in [3.8, 4) is 0 Å². The Morgan fingerprint density at radius 2 is 1.78 bits per heavy atom. The number of aliphatic hydroxyl groups is 1. The molecular formula is C9H11F6NO2. The van der Waals surface area contributed by atoms with E-state index in [1.807, 2.05) is 0 Å². The Balaban J connectivity index is 2.69. The van der Waals surface area contributed by atoms with Gasteiger partial charge in [0.2, 0.25) is 0 Å². The van der Waals surface area contributed by atoms with Gasteiger partial charge in [0.15, 0.2) is 5.60 Å². The van der Waals surface area contributed by atoms with Crippen LogP contribution < -0.4 is 5.32 Å². The van der Waals surface area contributed by atoms with E-state index in [9.17, 15) is 36.2 Å². The maximum atomic E-state index is 12.5. The lowest BCUT2D eigenvalue weighted by Crippen LogP contribution is -2.54. The fourth-order valence-corrected chi connectivity index (χ4v) is 1.90. The fraction of sp³-hybridized carbons (Fsp3) is 0.889. The van der Waals surface area contributed by atoms with E-state index in [1.54, 1.807) is 0 Å². The monoisotopic (exact) mass is 279 g/mol. The average Bonchev–Trinajstić information content (AvgIpc) is 2.14. The van der Waals surface area contributed by atoms with Gasteiger partial charge in [-0.1, -0.05) is 0 Å². The van der Waals surface area contributed by atoms with Gasteiger partial charge in [0.25, 0.3) is 0 Å². The van der Waals surface area contributed by atoms with Crippen LogP contribution in [0, 0.1) is 0 Å². The predicted octanol–water partition coefficient (Wildman–Crippen LogP) is 1.90. The van der Waals surface area contributed by atoms with Gasteiger partial charge in [-0.25, -0.2) is 0 Å². The Morgan fingerprint density at radius 1 is 1.22 bits per heavy atom. The summed E-state index contributed by atoms with van der Waals surface area (Å²) in [4.78, 5) is 10.6. The third-order valence-corrected chi connectivity index (χ3v) is 2.85. The molecule has 0 saturated heterocycles. The summed E-state index contributed by atoms with van der Waals surface area (Å²) in [6, 6.07) is -1.33. The van der Waals surface area contributed by atoms with Crippen LogP contribution in [0.2, 0.25) is 0 Å². The third-order valence-electron chi connectivity index (χ3n) is 2.85. The quantitative estimate of drug-likeness (QED) is 0.720. The Bertz CT molecular complexity index is 326. The molecule has 3 nitrogen and oxygen atoms in total. The molecule has 2 atom stereocenters. The molecule has 2 unspecified atom stereocenters. The Hall–Kier alpha value is -0.990. The lowest BCUT2D eigenvalue weighted by Gasteiger charge is -2.38. The van der Waals surface area contributed by atoms with Crippen LogP contribution in [0.1, 0.15) is 25.7 Å². The van der Waals surface area contributed by atoms with Crippen LogP contribution in [0.25, 0.3) is 0 Å². The summed E-state index contributed by atoms with van der Waals surface area (Å²) in [7, 11) is 0. The summed E-state index contributed by atoms with van der Waals surface area (Å²) in [6.07, 6.45) is -11.7. The summed E-state index contributed by atoms with van der Waals surface area (Å²) in [5, 5.41) is 10.8. The Kier molecular flexibility index (Phi) is 3.85. The smallest absolute Gasteiger partial charge is 0.380 e. The normalized spacial score (nSPS) is 30.1. The minimum atomic E-state index is -5.15. The van der Waals surface area contributed by atoms with Gasteiger partial charge in [-0.15, -0.1) is 0 Å². The SMILES string of the molecule is O=C(NC1CCCC(O)(C(F)(F)F)C1)C(F)(F)F. The van der Waals surface area contributed by atoms with Crippen molar-refractivity contribution in [1.82, 2.24) is 5.32 Å². The highest BCUT2D eigenvalue weighted by Gasteiger charge is 2.56. The number of hydrogen-bond donors (Lipinski definition) is 2. The minimum Gasteiger partial charge on any atom is -0.380 e. The molecule has 0 aromatic carbocycles. The van der Waals surface area contributed by atoms with Crippen molar-refractivity contribution in [3.63, 3.8) is 0 Å². The molecule has 1 rings (SSSR count). The number of halogens is 6. The van der Waals surface area contributed by atoms with Crippen LogP contribution in [-0.2, 0) is 4.79 Å². The molecule has 9 heteroatoms. The number of carbonyl (C=O) groups is 1. The van der Waals surface area contributed by atoms with Crippen LogP contribution in [0.5, 0.6) is 0 Å². The zero-order valence-corrected chi connectivity index (χ0v) is 9.03. The highest BCUT2D eigenvalue weighted by atomic mass is 19.4. The van der Waals surface area contributed by atoms with Gasteiger partial charge in [0.1, 0.15) is 0 Å². The van der Waals surface area contributed by atoms with E-state index in [4.69, 9.17) is 0 Å². The number of amides is 1. The minimum absolute atomic E-state index is 0.0276. The molecule has 0 spiro atoms. The molecule has 18 heavy (non-hydrogen) atoms. The number of rotatable bonds is 1. The van der Waals surface area contributed by atoms with E-state index >= 15 is 0 Å². The van der Waals surface area contributed by atoms with E-state index in [-0.39, 0.29) is 12.8 Å². The number of nitrogens with one attached hydrogen (secondary N) is 1. The molecule has 106 valence electrons. The second-order valence-electron chi connectivity index (χ2n) is 4.29. The molecule has 1 amide bonds. The summed E-state index contributed by atoms with van der Waals surface area (Å²) >= 11 is 0. The predicted molar refractivity (Wildman–Crippen MR) is 47.5 cm³/mol. The zero-order chi connectivity index (χ0) is 14.2. The van der Waals surface area contributed by atoms with Gasteiger partial charge in [0, 0.05) is 12.5 Å². The highest BCUT2D eigenvalue weighted by Crippen LogP contribution is 2.41. The lowest BCUT2D eigenvalue weighted by atomic mass is 9.81. The molecule has 1 fully saturated rings. The first-order valence-corrected chi connectivity index (χ1v) is 5.12. The van der Waals surface area contributed by atoms with Crippen LogP contribution >= 0.6 is 0 Å². The maximum absolute atomic E-state index is 12.5. The van der Waals surface area contributed by atoms with Crippen molar-refractivity contribution in [2.75, 3.05) is 0 Å². The van der Waals surface area contributed by atoms with E-state index in [0.717, 1.165) is 0 Å². The van der Waals surface area contributed by atoms with Crippen LogP contribution in [0.3, 0.4) is 0 Å². The summed E-state index contributed by atoms with van der Waals surface area (Å²) in [6.45, 7) is 0. The van der Waals surface area contributed by atoms with Crippen LogP contribution in [0.4, 0.5) is 26.3 Å². The van der Waals surface area contributed by atoms with Gasteiger partial charge in [-0.3, -0.25) is 4.79 Å². The van der Waals surface area contributed by atoms with Crippen LogP contribution in [0.15, 0.2) is 0 Å². The zero-order valence-electron chi connectivity index (χ0n) is 9.03. The molecule has 0 aromatic rings. The summed E-state index contributed by atoms with van der Waals surface area (Å²) < 4.78 is 73.3. The first-order chi connectivity index (χ1) is 7.96. The van der Waals surface area contributed by atoms with Crippen molar-refractivity contribution in [2.24, 2.45) is 0 Å². The van der Waals surface area contributed by atoms with E-state index in [2.05, 4.69) is 0 Å². The van der Waals surface area contributed by atoms with Crippen molar-refractivity contribution >= 4 is 5.91 Å². The Labute approximate surface area is 98.2 Å². The van der Waals surface area contributed by atoms with E-state index < -0.39 is 42.7 Å². The van der Waals surface area contributed by atoms with E-state index in [0.29, 0.717) is 0 Å². The van der Waals surface area contributed by atoms with Gasteiger partial charge in [0.05, 0.1) is 0 Å². The molecule has 1 aliphatic carbocycles. The van der Waals surface area contributed by atoms with Crippen molar-refractivity contribution in [1.29, 1.82) is 0 Å². The number of alkyl halides is 6. The number of carbonyl (C=O) groups excluding carboxylic acids is 1. The molecule has 0 heterocycles. The van der Waals surface area contributed by atoms with Crippen LogP contribution in [-0.4, -0.2) is 35.0 Å². The second kappa shape index (κ2) is 4.60. The third kappa shape index (κ3) is 3.27. The molecule has 1 aliphatic rings. The molecule has 0 radical (unpaired) electrons. The fourth-order valence-electron chi connectivity index (χ4n) is 1.90. The summed E-state index contributed by atoms with van der Waals surface area (Å²) in [5.74, 6) is -2.29. The largest absolute Gasteiger partial charge is 0.471 e. The summed E-state index contributed by atoms with van der Waals surface area (Å²) in [5.41, 5.74) is -3.03. The molecule has 0 aliphatic heterocycles. The average molecular weight is 279 g/mol. The topological polar surface area (TPSA) is 49.3 Å². The second-order valence-corrected chi connectivity index (χ2v) is 4.29. The molecule has 1 saturated carbocycles. The van der Waals surface area contributed by atoms with Crippen molar-refractivity contribution in [3.05, 3.63) is 0 Å². The van der Waals surface area contributed by atoms with Gasteiger partial charge in [-0.05, 0) is 19.3 Å². The number of hydrogen-bond acceptors (Lipinski definition) is 2. The van der Waals surface area contributed by atoms with E-state index in [1.165, 1.54) is 5.32 Å². The highest BCUT2D eigenvalue weighted by molar-refractivity contribution is 5.81. The molecule has 2 N–H and O–H groups in total. The first-order valence-electron chi connectivity index (χ1n) is 5.12. The standard InChI is InChI=1S/C9H11F6NO2/c10-8(11,12)6(17)16-5-2-1-3-7(18,4-5)9(13,14)15/h5,18H,1-4H2,(H,16,17). The molecular weight excluding hydrogens is 268 g/mol. The van der Waals surface area contributed by atoms with Gasteiger partial charge >= 0.3 is 18.3 Å². The first kappa shape index (κ1) is 15.1. The lowest BCUT2D eigenvalue weighted by molar-refractivity contribution is -0.271. The van der Waals surface area contributed by atoms with Crippen molar-refractivity contribution < 1.29 is 36.2 Å². The van der Waals surface area contributed by atoms with Crippen molar-refractivity contribution in [2.45, 2.75) is 49.7 Å².